The molecule has 6 heteroatoms. The summed E-state index contributed by atoms with van der Waals surface area (Å²) >= 11 is 1.48. The smallest absolute Gasteiger partial charge is 0.241 e. The van der Waals surface area contributed by atoms with Gasteiger partial charge in [0.2, 0.25) is 5.95 Å². The quantitative estimate of drug-likeness (QED) is 0.509. The lowest BCUT2D eigenvalue weighted by molar-refractivity contribution is 0.587. The summed E-state index contributed by atoms with van der Waals surface area (Å²) in [6, 6.07) is 13.8. The molecular formula is C19H13F2N3S. The summed E-state index contributed by atoms with van der Waals surface area (Å²) in [4.78, 5) is 11.9. The number of H-pyrrole nitrogens is 1. The number of nitrogens with one attached hydrogen (secondary N) is 1. The number of thioether (sulfide) groups is 1. The summed E-state index contributed by atoms with van der Waals surface area (Å²) in [5.41, 5.74) is 3.77. The Morgan fingerprint density at radius 1 is 0.920 bits per heavy atom. The predicted octanol–water partition coefficient (Wildman–Crippen LogP) is 5.29. The number of rotatable bonds is 3. The van der Waals surface area contributed by atoms with Crippen molar-refractivity contribution in [1.29, 1.82) is 0 Å². The van der Waals surface area contributed by atoms with E-state index in [1.165, 1.54) is 23.9 Å². The maximum absolute atomic E-state index is 14.2. The normalized spacial score (nSPS) is 11.2. The lowest BCUT2D eigenvalue weighted by Gasteiger charge is -2.09. The van der Waals surface area contributed by atoms with Crippen molar-refractivity contribution in [3.8, 4) is 22.4 Å². The van der Waals surface area contributed by atoms with Gasteiger partial charge in [-0.25, -0.2) is 9.37 Å². The van der Waals surface area contributed by atoms with E-state index in [1.54, 1.807) is 30.5 Å². The summed E-state index contributed by atoms with van der Waals surface area (Å²) in [5, 5.41) is 0. The lowest BCUT2D eigenvalue weighted by Crippen LogP contribution is -1.94. The first-order valence-corrected chi connectivity index (χ1v) is 8.83. The van der Waals surface area contributed by atoms with Gasteiger partial charge in [-0.3, -0.25) is 0 Å². The van der Waals surface area contributed by atoms with Gasteiger partial charge in [0, 0.05) is 16.7 Å². The second-order valence-corrected chi connectivity index (χ2v) is 6.34. The predicted molar refractivity (Wildman–Crippen MR) is 96.5 cm³/mol. The number of hydrogen-bond acceptors (Lipinski definition) is 3. The molecule has 3 nitrogen and oxygen atoms in total. The molecule has 0 aliphatic carbocycles. The molecule has 4 aromatic rings. The Balaban J connectivity index is 1.76. The molecule has 2 aromatic carbocycles. The van der Waals surface area contributed by atoms with Gasteiger partial charge in [-0.15, -0.1) is 11.8 Å². The van der Waals surface area contributed by atoms with Crippen LogP contribution in [0, 0.1) is 11.8 Å². The fourth-order valence-corrected chi connectivity index (χ4v) is 3.38. The van der Waals surface area contributed by atoms with Gasteiger partial charge in [-0.1, -0.05) is 30.3 Å². The number of benzene rings is 2. The molecule has 4 rings (SSSR count). The molecule has 25 heavy (non-hydrogen) atoms. The third-order valence-electron chi connectivity index (χ3n) is 3.97. The molecule has 0 amide bonds. The Labute approximate surface area is 147 Å². The van der Waals surface area contributed by atoms with Gasteiger partial charge in [-0.05, 0) is 35.6 Å². The highest BCUT2D eigenvalue weighted by molar-refractivity contribution is 7.98. The molecule has 124 valence electrons. The van der Waals surface area contributed by atoms with Crippen LogP contribution in [0.25, 0.3) is 33.5 Å². The van der Waals surface area contributed by atoms with E-state index < -0.39 is 5.95 Å². The van der Waals surface area contributed by atoms with E-state index in [0.717, 1.165) is 16.0 Å². The Morgan fingerprint density at radius 3 is 2.44 bits per heavy atom. The van der Waals surface area contributed by atoms with Gasteiger partial charge in [0.25, 0.3) is 0 Å². The molecule has 0 saturated heterocycles. The monoisotopic (exact) mass is 353 g/mol. The number of aromatic nitrogens is 3. The van der Waals surface area contributed by atoms with Crippen molar-refractivity contribution in [3.63, 3.8) is 0 Å². The minimum absolute atomic E-state index is 0.211. The molecule has 1 N–H and O–H groups in total. The summed E-state index contributed by atoms with van der Waals surface area (Å²) in [6.07, 6.45) is 3.58. The van der Waals surface area contributed by atoms with Crippen LogP contribution < -0.4 is 0 Å². The van der Waals surface area contributed by atoms with Crippen molar-refractivity contribution in [2.75, 3.05) is 6.26 Å². The van der Waals surface area contributed by atoms with E-state index >= 15 is 0 Å². The van der Waals surface area contributed by atoms with Crippen LogP contribution in [-0.4, -0.2) is 21.2 Å². The lowest BCUT2D eigenvalue weighted by atomic mass is 10.0. The molecule has 0 atom stereocenters. The molecule has 0 aliphatic heterocycles. The summed E-state index contributed by atoms with van der Waals surface area (Å²) < 4.78 is 27.6. The van der Waals surface area contributed by atoms with Crippen LogP contribution in [0.4, 0.5) is 8.78 Å². The minimum Gasteiger partial charge on any atom is -0.345 e. The highest BCUT2D eigenvalue weighted by Gasteiger charge is 2.12. The largest absolute Gasteiger partial charge is 0.345 e. The third-order valence-corrected chi connectivity index (χ3v) is 4.75. The second kappa shape index (κ2) is 6.29. The average molecular weight is 353 g/mol. The van der Waals surface area contributed by atoms with E-state index in [2.05, 4.69) is 15.0 Å². The van der Waals surface area contributed by atoms with Crippen LogP contribution in [-0.2, 0) is 0 Å². The molecule has 0 aliphatic rings. The Hall–Kier alpha value is -2.73. The Morgan fingerprint density at radius 2 is 1.68 bits per heavy atom. The number of hydrogen-bond donors (Lipinski definition) is 1. The van der Waals surface area contributed by atoms with Crippen LogP contribution in [0.5, 0.6) is 0 Å². The van der Waals surface area contributed by atoms with Gasteiger partial charge >= 0.3 is 0 Å². The van der Waals surface area contributed by atoms with Gasteiger partial charge in [-0.2, -0.15) is 9.37 Å². The molecule has 0 bridgehead atoms. The van der Waals surface area contributed by atoms with Crippen LogP contribution in [0.3, 0.4) is 0 Å². The van der Waals surface area contributed by atoms with Crippen LogP contribution in [0.15, 0.2) is 59.6 Å². The molecule has 2 aromatic heterocycles. The van der Waals surface area contributed by atoms with Gasteiger partial charge in [0.05, 0.1) is 0 Å². The molecule has 2 heterocycles. The van der Waals surface area contributed by atoms with E-state index in [1.807, 2.05) is 18.4 Å². The van der Waals surface area contributed by atoms with Gasteiger partial charge < -0.3 is 4.98 Å². The molecule has 0 spiro atoms. The fourth-order valence-electron chi connectivity index (χ4n) is 2.74. The number of nitrogens with zero attached hydrogens (tertiary/aromatic N) is 2. The summed E-state index contributed by atoms with van der Waals surface area (Å²) in [5.74, 6) is -0.879. The Bertz CT molecular complexity index is 1060. The van der Waals surface area contributed by atoms with Crippen molar-refractivity contribution in [3.05, 3.63) is 66.5 Å². The summed E-state index contributed by atoms with van der Waals surface area (Å²) in [6.45, 7) is 0. The maximum Gasteiger partial charge on any atom is 0.241 e. The first-order chi connectivity index (χ1) is 12.2. The number of aromatic amines is 1. The highest BCUT2D eigenvalue weighted by Crippen LogP contribution is 2.32. The zero-order chi connectivity index (χ0) is 17.4. The number of halogens is 2. The van der Waals surface area contributed by atoms with Crippen molar-refractivity contribution in [2.45, 2.75) is 4.90 Å². The SMILES string of the molecule is CSc1cc(F)ccc1-c1ccc(-c2nc3cc[nH]c3nc2F)cc1. The van der Waals surface area contributed by atoms with Crippen LogP contribution in [0.1, 0.15) is 0 Å². The fraction of sp³-hybridized carbons (Fsp3) is 0.0526. The topological polar surface area (TPSA) is 41.6 Å². The van der Waals surface area contributed by atoms with Crippen molar-refractivity contribution < 1.29 is 8.78 Å². The molecule has 0 unspecified atom stereocenters. The third kappa shape index (κ3) is 2.89. The minimum atomic E-state index is -0.616. The second-order valence-electron chi connectivity index (χ2n) is 5.50. The molecule has 0 fully saturated rings. The van der Waals surface area contributed by atoms with E-state index in [0.29, 0.717) is 16.7 Å². The van der Waals surface area contributed by atoms with Crippen LogP contribution >= 0.6 is 11.8 Å². The van der Waals surface area contributed by atoms with Crippen molar-refractivity contribution in [1.82, 2.24) is 15.0 Å². The molecular weight excluding hydrogens is 340 g/mol. The van der Waals surface area contributed by atoms with Crippen molar-refractivity contribution >= 4 is 22.9 Å². The first-order valence-electron chi connectivity index (χ1n) is 7.60. The zero-order valence-corrected chi connectivity index (χ0v) is 14.1. The Kier molecular flexibility index (Phi) is 3.97. The van der Waals surface area contributed by atoms with Crippen molar-refractivity contribution in [2.24, 2.45) is 0 Å². The van der Waals surface area contributed by atoms with E-state index in [4.69, 9.17) is 0 Å². The molecule has 0 radical (unpaired) electrons. The van der Waals surface area contributed by atoms with Crippen LogP contribution in [0.2, 0.25) is 0 Å². The van der Waals surface area contributed by atoms with E-state index in [-0.39, 0.29) is 11.5 Å². The first kappa shape index (κ1) is 15.8. The number of fused-ring (bicyclic) bond motifs is 1. The van der Waals surface area contributed by atoms with Gasteiger partial charge in [0.1, 0.15) is 17.0 Å². The maximum atomic E-state index is 14.2. The highest BCUT2D eigenvalue weighted by atomic mass is 32.2. The zero-order valence-electron chi connectivity index (χ0n) is 13.3. The summed E-state index contributed by atoms with van der Waals surface area (Å²) in [7, 11) is 0. The molecule has 0 saturated carbocycles. The van der Waals surface area contributed by atoms with E-state index in [9.17, 15) is 8.78 Å². The van der Waals surface area contributed by atoms with Gasteiger partial charge in [0.15, 0.2) is 5.65 Å². The standard InChI is InChI=1S/C19H13F2N3S/c1-25-16-10-13(20)6-7-14(16)11-2-4-12(5-3-11)17-18(21)24-19-15(23-17)8-9-22-19/h2-10H,1H3,(H,22,24). The average Bonchev–Trinajstić information content (AvgIpc) is 3.08.